The van der Waals surface area contributed by atoms with E-state index in [9.17, 15) is 4.79 Å². The van der Waals surface area contributed by atoms with Gasteiger partial charge in [-0.3, -0.25) is 4.79 Å². The van der Waals surface area contributed by atoms with Crippen LogP contribution in [0.15, 0.2) is 39.2 Å². The van der Waals surface area contributed by atoms with Gasteiger partial charge in [-0.05, 0) is 28.1 Å². The van der Waals surface area contributed by atoms with E-state index >= 15 is 0 Å². The fraction of sp³-hybridized carbons (Fsp3) is 0. The van der Waals surface area contributed by atoms with E-state index in [-0.39, 0.29) is 5.76 Å². The van der Waals surface area contributed by atoms with Crippen LogP contribution in [-0.4, -0.2) is 6.29 Å². The molecule has 0 N–H and O–H groups in total. The lowest BCUT2D eigenvalue weighted by Crippen LogP contribution is -1.76. The summed E-state index contributed by atoms with van der Waals surface area (Å²) in [6.45, 7) is 0. The molecule has 2 rings (SSSR count). The van der Waals surface area contributed by atoms with Crippen molar-refractivity contribution < 1.29 is 9.21 Å². The van der Waals surface area contributed by atoms with Crippen molar-refractivity contribution in [1.82, 2.24) is 0 Å². The van der Waals surface area contributed by atoms with Crippen LogP contribution in [0, 0.1) is 0 Å². The maximum atomic E-state index is 10.5. The SMILES string of the molecule is O=Cc1cc(Br)c(-c2ccccc2Cl)o1. The Kier molecular flexibility index (Phi) is 2.93. The summed E-state index contributed by atoms with van der Waals surface area (Å²) < 4.78 is 6.05. The van der Waals surface area contributed by atoms with Crippen molar-refractivity contribution >= 4 is 33.8 Å². The summed E-state index contributed by atoms with van der Waals surface area (Å²) in [6.07, 6.45) is 0.658. The Morgan fingerprint density at radius 3 is 2.67 bits per heavy atom. The van der Waals surface area contributed by atoms with Crippen molar-refractivity contribution in [3.8, 4) is 11.3 Å². The van der Waals surface area contributed by atoms with Gasteiger partial charge in [0.25, 0.3) is 0 Å². The molecule has 2 aromatic rings. The second kappa shape index (κ2) is 4.21. The predicted molar refractivity (Wildman–Crippen MR) is 62.2 cm³/mol. The summed E-state index contributed by atoms with van der Waals surface area (Å²) in [4.78, 5) is 10.5. The molecule has 15 heavy (non-hydrogen) atoms. The van der Waals surface area contributed by atoms with Crippen LogP contribution in [0.4, 0.5) is 0 Å². The fourth-order valence-corrected chi connectivity index (χ4v) is 2.02. The molecule has 0 atom stereocenters. The average molecular weight is 286 g/mol. The van der Waals surface area contributed by atoms with E-state index in [0.29, 0.717) is 17.1 Å². The van der Waals surface area contributed by atoms with Crippen LogP contribution in [0.5, 0.6) is 0 Å². The topological polar surface area (TPSA) is 30.2 Å². The molecule has 0 aliphatic carbocycles. The van der Waals surface area contributed by atoms with Gasteiger partial charge in [0, 0.05) is 11.6 Å². The van der Waals surface area contributed by atoms with E-state index in [2.05, 4.69) is 15.9 Å². The normalized spacial score (nSPS) is 10.3. The number of hydrogen-bond donors (Lipinski definition) is 0. The van der Waals surface area contributed by atoms with Gasteiger partial charge in [-0.25, -0.2) is 0 Å². The highest BCUT2D eigenvalue weighted by Gasteiger charge is 2.12. The number of halogens is 2. The molecule has 76 valence electrons. The van der Waals surface area contributed by atoms with Gasteiger partial charge in [0.2, 0.25) is 0 Å². The third-order valence-corrected chi connectivity index (χ3v) is 2.86. The van der Waals surface area contributed by atoms with Crippen molar-refractivity contribution in [2.45, 2.75) is 0 Å². The Morgan fingerprint density at radius 2 is 2.07 bits per heavy atom. The van der Waals surface area contributed by atoms with E-state index in [4.69, 9.17) is 16.0 Å². The van der Waals surface area contributed by atoms with Crippen LogP contribution in [-0.2, 0) is 0 Å². The largest absolute Gasteiger partial charge is 0.452 e. The number of aldehydes is 1. The molecule has 1 heterocycles. The Morgan fingerprint density at radius 1 is 1.33 bits per heavy atom. The summed E-state index contributed by atoms with van der Waals surface area (Å²) in [6, 6.07) is 8.92. The molecule has 0 aliphatic rings. The highest BCUT2D eigenvalue weighted by atomic mass is 79.9. The maximum absolute atomic E-state index is 10.5. The Bertz CT molecular complexity index is 505. The van der Waals surface area contributed by atoms with Gasteiger partial charge in [0.05, 0.1) is 9.50 Å². The van der Waals surface area contributed by atoms with E-state index in [1.54, 1.807) is 12.1 Å². The first kappa shape index (κ1) is 10.5. The van der Waals surface area contributed by atoms with Gasteiger partial charge < -0.3 is 4.42 Å². The van der Waals surface area contributed by atoms with Crippen LogP contribution in [0.25, 0.3) is 11.3 Å². The molecule has 0 bridgehead atoms. The lowest BCUT2D eigenvalue weighted by atomic mass is 10.2. The number of hydrogen-bond acceptors (Lipinski definition) is 2. The quantitative estimate of drug-likeness (QED) is 0.775. The van der Waals surface area contributed by atoms with Crippen LogP contribution in [0.2, 0.25) is 5.02 Å². The lowest BCUT2D eigenvalue weighted by molar-refractivity contribution is 0.110. The fourth-order valence-electron chi connectivity index (χ4n) is 1.27. The number of carbonyl (C=O) groups is 1. The highest BCUT2D eigenvalue weighted by molar-refractivity contribution is 9.10. The molecule has 0 fully saturated rings. The van der Waals surface area contributed by atoms with Crippen LogP contribution < -0.4 is 0 Å². The van der Waals surface area contributed by atoms with Gasteiger partial charge in [-0.15, -0.1) is 0 Å². The molecule has 4 heteroatoms. The second-order valence-corrected chi connectivity index (χ2v) is 4.19. The maximum Gasteiger partial charge on any atom is 0.185 e. The predicted octanol–water partition coefficient (Wildman–Crippen LogP) is 4.18. The molecular weight excluding hydrogens is 279 g/mol. The van der Waals surface area contributed by atoms with Crippen LogP contribution in [0.3, 0.4) is 0 Å². The molecule has 0 unspecified atom stereocenters. The van der Waals surface area contributed by atoms with Crippen molar-refractivity contribution in [3.05, 3.63) is 45.6 Å². The minimum Gasteiger partial charge on any atom is -0.452 e. The molecule has 0 radical (unpaired) electrons. The molecule has 0 aliphatic heterocycles. The average Bonchev–Trinajstić information content (AvgIpc) is 2.60. The molecule has 0 spiro atoms. The van der Waals surface area contributed by atoms with Gasteiger partial charge >= 0.3 is 0 Å². The first-order chi connectivity index (χ1) is 7.22. The summed E-state index contributed by atoms with van der Waals surface area (Å²) in [7, 11) is 0. The zero-order chi connectivity index (χ0) is 10.8. The van der Waals surface area contributed by atoms with Crippen molar-refractivity contribution in [2.24, 2.45) is 0 Å². The number of rotatable bonds is 2. The van der Waals surface area contributed by atoms with Crippen molar-refractivity contribution in [3.63, 3.8) is 0 Å². The molecule has 2 nitrogen and oxygen atoms in total. The van der Waals surface area contributed by atoms with Gasteiger partial charge in [0.1, 0.15) is 0 Å². The van der Waals surface area contributed by atoms with Gasteiger partial charge in [-0.1, -0.05) is 23.7 Å². The van der Waals surface area contributed by atoms with E-state index in [1.807, 2.05) is 18.2 Å². The minimum atomic E-state index is 0.275. The Balaban J connectivity index is 2.58. The monoisotopic (exact) mass is 284 g/mol. The smallest absolute Gasteiger partial charge is 0.185 e. The van der Waals surface area contributed by atoms with Crippen molar-refractivity contribution in [2.75, 3.05) is 0 Å². The zero-order valence-corrected chi connectivity index (χ0v) is 9.88. The van der Waals surface area contributed by atoms with Crippen LogP contribution in [0.1, 0.15) is 10.6 Å². The lowest BCUT2D eigenvalue weighted by Gasteiger charge is -2.00. The summed E-state index contributed by atoms with van der Waals surface area (Å²) in [5.74, 6) is 0.847. The summed E-state index contributed by atoms with van der Waals surface area (Å²) >= 11 is 9.33. The van der Waals surface area contributed by atoms with E-state index in [1.165, 1.54) is 0 Å². The van der Waals surface area contributed by atoms with Crippen molar-refractivity contribution in [1.29, 1.82) is 0 Å². The van der Waals surface area contributed by atoms with Gasteiger partial charge in [-0.2, -0.15) is 0 Å². The number of benzene rings is 1. The van der Waals surface area contributed by atoms with E-state index < -0.39 is 0 Å². The first-order valence-electron chi connectivity index (χ1n) is 4.22. The summed E-state index contributed by atoms with van der Waals surface area (Å²) in [5.41, 5.74) is 0.763. The Hall–Kier alpha value is -1.06. The molecule has 0 saturated carbocycles. The number of furan rings is 1. The number of carbonyl (C=O) groups excluding carboxylic acids is 1. The van der Waals surface area contributed by atoms with E-state index in [0.717, 1.165) is 10.0 Å². The third-order valence-electron chi connectivity index (χ3n) is 1.94. The molecule has 1 aromatic carbocycles. The molecule has 0 saturated heterocycles. The standard InChI is InChI=1S/C11H6BrClO2/c12-9-5-7(6-14)15-11(9)8-3-1-2-4-10(8)13/h1-6H. The first-order valence-corrected chi connectivity index (χ1v) is 5.39. The summed E-state index contributed by atoms with van der Waals surface area (Å²) in [5, 5.41) is 0.588. The Labute approximate surface area is 100.0 Å². The zero-order valence-electron chi connectivity index (χ0n) is 7.54. The molecule has 0 amide bonds. The molecule has 1 aromatic heterocycles. The third kappa shape index (κ3) is 1.98. The van der Waals surface area contributed by atoms with Gasteiger partial charge in [0.15, 0.2) is 17.8 Å². The minimum absolute atomic E-state index is 0.275. The highest BCUT2D eigenvalue weighted by Crippen LogP contribution is 2.35. The molecular formula is C11H6BrClO2. The second-order valence-electron chi connectivity index (χ2n) is 2.92. The van der Waals surface area contributed by atoms with Crippen LogP contribution >= 0.6 is 27.5 Å².